The van der Waals surface area contributed by atoms with E-state index in [0.717, 1.165) is 32.7 Å². The molecule has 4 nitrogen and oxygen atoms in total. The molecule has 0 amide bonds. The maximum absolute atomic E-state index is 14.6. The van der Waals surface area contributed by atoms with Gasteiger partial charge in [-0.1, -0.05) is 60.7 Å². The highest BCUT2D eigenvalue weighted by Gasteiger charge is 2.58. The molecule has 6 heteroatoms. The Balaban J connectivity index is 1.67. The maximum Gasteiger partial charge on any atom is 0.449 e. The van der Waals surface area contributed by atoms with Crippen molar-refractivity contribution in [3.8, 4) is 22.6 Å². The van der Waals surface area contributed by atoms with E-state index in [2.05, 4.69) is 57.3 Å². The fraction of sp³-hybridized carbons (Fsp3) is 0.259. The van der Waals surface area contributed by atoms with Gasteiger partial charge in [-0.05, 0) is 61.4 Å². The fourth-order valence-electron chi connectivity index (χ4n) is 5.27. The van der Waals surface area contributed by atoms with Crippen molar-refractivity contribution < 1.29 is 13.6 Å². The molecule has 0 unspecified atom stereocenters. The molecule has 1 saturated heterocycles. The molecule has 0 aromatic heterocycles. The van der Waals surface area contributed by atoms with Gasteiger partial charge in [0.15, 0.2) is 0 Å². The van der Waals surface area contributed by atoms with Crippen LogP contribution in [0.5, 0.6) is 11.5 Å². The van der Waals surface area contributed by atoms with E-state index in [1.165, 1.54) is 0 Å². The van der Waals surface area contributed by atoms with Crippen LogP contribution in [-0.4, -0.2) is 15.4 Å². The van der Waals surface area contributed by atoms with Crippen LogP contribution in [0.25, 0.3) is 32.7 Å². The van der Waals surface area contributed by atoms with Gasteiger partial charge >= 0.3 is 7.60 Å². The largest absolute Gasteiger partial charge is 0.449 e. The Kier molecular flexibility index (Phi) is 4.49. The Labute approximate surface area is 198 Å². The van der Waals surface area contributed by atoms with Gasteiger partial charge in [0.25, 0.3) is 0 Å². The molecule has 0 bridgehead atoms. The molecule has 4 aromatic rings. The fourth-order valence-corrected chi connectivity index (χ4v) is 9.91. The lowest BCUT2D eigenvalue weighted by Gasteiger charge is -2.31. The summed E-state index contributed by atoms with van der Waals surface area (Å²) in [6.07, 6.45) is 0. The zero-order valence-electron chi connectivity index (χ0n) is 19.1. The highest BCUT2D eigenvalue weighted by Crippen LogP contribution is 2.66. The Hall–Kier alpha value is -2.46. The number of hydrogen-bond donors (Lipinski definition) is 1. The standard InChI is InChI=1S/C27H26NO3PS/c1-26(2)25(28-27(3,4)33-26)32(29)30-21-15-13-17-9-5-7-11-19(17)23(21)24-20-12-8-6-10-18(20)14-16-22(24)31-32/h5-16,25,28H,1-4H3/t25-/m0/s1. The first-order valence-corrected chi connectivity index (χ1v) is 13.6. The first kappa shape index (κ1) is 21.1. The number of thioether (sulfide) groups is 1. The van der Waals surface area contributed by atoms with Crippen LogP contribution in [0.15, 0.2) is 72.8 Å². The van der Waals surface area contributed by atoms with Gasteiger partial charge in [0.2, 0.25) is 0 Å². The molecule has 1 fully saturated rings. The van der Waals surface area contributed by atoms with E-state index in [9.17, 15) is 4.57 Å². The van der Waals surface area contributed by atoms with Crippen molar-refractivity contribution in [2.24, 2.45) is 0 Å². The summed E-state index contributed by atoms with van der Waals surface area (Å²) in [6.45, 7) is 8.41. The van der Waals surface area contributed by atoms with Crippen molar-refractivity contribution >= 4 is 40.9 Å². The van der Waals surface area contributed by atoms with Crippen molar-refractivity contribution in [2.45, 2.75) is 43.1 Å². The highest BCUT2D eigenvalue weighted by molar-refractivity contribution is 8.02. The van der Waals surface area contributed by atoms with Crippen molar-refractivity contribution in [1.82, 2.24) is 5.32 Å². The summed E-state index contributed by atoms with van der Waals surface area (Å²) < 4.78 is 27.2. The van der Waals surface area contributed by atoms with E-state index in [1.54, 1.807) is 11.8 Å². The highest BCUT2D eigenvalue weighted by atomic mass is 32.2. The predicted octanol–water partition coefficient (Wildman–Crippen LogP) is 7.80. The number of hydrogen-bond acceptors (Lipinski definition) is 5. The van der Waals surface area contributed by atoms with Gasteiger partial charge in [-0.15, -0.1) is 11.8 Å². The first-order valence-electron chi connectivity index (χ1n) is 11.2. The van der Waals surface area contributed by atoms with Crippen LogP contribution in [0.2, 0.25) is 0 Å². The van der Waals surface area contributed by atoms with Gasteiger partial charge in [0.1, 0.15) is 17.3 Å². The number of rotatable bonds is 1. The average Bonchev–Trinajstić information content (AvgIpc) is 2.92. The van der Waals surface area contributed by atoms with Gasteiger partial charge in [-0.3, -0.25) is 5.32 Å². The summed E-state index contributed by atoms with van der Waals surface area (Å²) in [5.74, 6) is 0.723. The van der Waals surface area contributed by atoms with Crippen LogP contribution in [-0.2, 0) is 4.57 Å². The van der Waals surface area contributed by atoms with Crippen LogP contribution in [0.4, 0.5) is 0 Å². The minimum Gasteiger partial charge on any atom is -0.414 e. The summed E-state index contributed by atoms with van der Waals surface area (Å²) >= 11 is 1.76. The number of fused-ring (bicyclic) bond motifs is 7. The monoisotopic (exact) mass is 475 g/mol. The predicted molar refractivity (Wildman–Crippen MR) is 138 cm³/mol. The van der Waals surface area contributed by atoms with Crippen molar-refractivity contribution in [1.29, 1.82) is 0 Å². The molecule has 2 aliphatic heterocycles. The second-order valence-electron chi connectivity index (χ2n) is 9.80. The lowest BCUT2D eigenvalue weighted by molar-refractivity contribution is 0.348. The number of benzene rings is 4. The molecule has 0 saturated carbocycles. The Bertz CT molecular complexity index is 1390. The average molecular weight is 476 g/mol. The van der Waals surface area contributed by atoms with Crippen molar-refractivity contribution in [3.05, 3.63) is 72.8 Å². The van der Waals surface area contributed by atoms with Crippen LogP contribution >= 0.6 is 19.4 Å². The Morgan fingerprint density at radius 2 is 1.24 bits per heavy atom. The zero-order chi connectivity index (χ0) is 23.0. The summed E-state index contributed by atoms with van der Waals surface area (Å²) in [4.78, 5) is -0.247. The molecule has 1 atom stereocenters. The summed E-state index contributed by atoms with van der Waals surface area (Å²) in [5.41, 5.74) is 1.86. The third-order valence-electron chi connectivity index (χ3n) is 6.46. The van der Waals surface area contributed by atoms with E-state index < -0.39 is 13.4 Å². The van der Waals surface area contributed by atoms with Crippen LogP contribution in [0.1, 0.15) is 27.7 Å². The van der Waals surface area contributed by atoms with Gasteiger partial charge in [-0.2, -0.15) is 0 Å². The van der Waals surface area contributed by atoms with E-state index in [1.807, 2.05) is 48.5 Å². The summed E-state index contributed by atoms with van der Waals surface area (Å²) in [6, 6.07) is 24.4. The minimum atomic E-state index is -3.66. The molecule has 6 rings (SSSR count). The van der Waals surface area contributed by atoms with Gasteiger partial charge in [-0.25, -0.2) is 4.57 Å². The second-order valence-corrected chi connectivity index (χ2v) is 14.0. The Morgan fingerprint density at radius 1 is 0.758 bits per heavy atom. The molecule has 168 valence electrons. The lowest BCUT2D eigenvalue weighted by Crippen LogP contribution is -2.42. The normalized spacial score (nSPS) is 22.1. The molecule has 33 heavy (non-hydrogen) atoms. The third kappa shape index (κ3) is 3.29. The van der Waals surface area contributed by atoms with Crippen molar-refractivity contribution in [3.63, 3.8) is 0 Å². The molecule has 2 heterocycles. The van der Waals surface area contributed by atoms with Crippen LogP contribution in [0.3, 0.4) is 0 Å². The molecular formula is C27H26NO3PS. The SMILES string of the molecule is CC1(C)N[C@@H](P2(=O)Oc3ccc4ccccc4c3-c3c(ccc4ccccc34)O2)C(C)(C)S1. The molecule has 0 radical (unpaired) electrons. The van der Waals surface area contributed by atoms with E-state index in [0.29, 0.717) is 11.5 Å². The van der Waals surface area contributed by atoms with E-state index in [4.69, 9.17) is 9.05 Å². The molecule has 0 spiro atoms. The molecular weight excluding hydrogens is 449 g/mol. The minimum absolute atomic E-state index is 0.247. The quantitative estimate of drug-likeness (QED) is 0.285. The van der Waals surface area contributed by atoms with Gasteiger partial charge in [0, 0.05) is 15.9 Å². The zero-order valence-corrected chi connectivity index (χ0v) is 20.8. The summed E-state index contributed by atoms with van der Waals surface area (Å²) in [7, 11) is -3.66. The summed E-state index contributed by atoms with van der Waals surface area (Å²) in [5, 5.41) is 7.86. The smallest absolute Gasteiger partial charge is 0.414 e. The third-order valence-corrected chi connectivity index (χ3v) is 10.3. The Morgan fingerprint density at radius 3 is 1.70 bits per heavy atom. The molecule has 2 aliphatic rings. The molecule has 4 aromatic carbocycles. The van der Waals surface area contributed by atoms with Crippen molar-refractivity contribution in [2.75, 3.05) is 0 Å². The van der Waals surface area contributed by atoms with E-state index >= 15 is 0 Å². The lowest BCUT2D eigenvalue weighted by atomic mass is 9.92. The van der Waals surface area contributed by atoms with Crippen LogP contribution < -0.4 is 14.4 Å². The van der Waals surface area contributed by atoms with E-state index in [-0.39, 0.29) is 9.62 Å². The van der Waals surface area contributed by atoms with Gasteiger partial charge in [0.05, 0.1) is 4.87 Å². The molecule has 0 aliphatic carbocycles. The first-order chi connectivity index (χ1) is 15.7. The number of nitrogens with one attached hydrogen (secondary N) is 1. The van der Waals surface area contributed by atoms with Crippen LogP contribution in [0, 0.1) is 0 Å². The second kappa shape index (κ2) is 7.02. The topological polar surface area (TPSA) is 47.6 Å². The molecule has 1 N–H and O–H groups in total. The maximum atomic E-state index is 14.6. The van der Waals surface area contributed by atoms with Gasteiger partial charge < -0.3 is 9.05 Å².